The zero-order valence-corrected chi connectivity index (χ0v) is 11.5. The smallest absolute Gasteiger partial charge is 0.270 e. The Kier molecular flexibility index (Phi) is 5.79. The Bertz CT molecular complexity index is 516. The average Bonchev–Trinajstić information content (AvgIpc) is 2.46. The van der Waals surface area contributed by atoms with E-state index in [0.29, 0.717) is 6.54 Å². The molecule has 0 aliphatic carbocycles. The molecule has 0 bridgehead atoms. The third-order valence-electron chi connectivity index (χ3n) is 2.84. The number of non-ortho nitro benzene ring substituents is 1. The number of nitro benzene ring substituents is 1. The Morgan fingerprint density at radius 3 is 2.60 bits per heavy atom. The molecule has 7 nitrogen and oxygen atoms in total. The molecule has 0 heterocycles. The van der Waals surface area contributed by atoms with Crippen molar-refractivity contribution < 1.29 is 14.5 Å². The predicted molar refractivity (Wildman–Crippen MR) is 73.6 cm³/mol. The highest BCUT2D eigenvalue weighted by Gasteiger charge is 2.16. The van der Waals surface area contributed by atoms with Crippen molar-refractivity contribution in [2.75, 3.05) is 26.7 Å². The first-order chi connectivity index (χ1) is 9.47. The molecule has 0 atom stereocenters. The van der Waals surface area contributed by atoms with Crippen molar-refractivity contribution in [1.82, 2.24) is 10.2 Å². The van der Waals surface area contributed by atoms with E-state index in [-0.39, 0.29) is 36.0 Å². The summed E-state index contributed by atoms with van der Waals surface area (Å²) in [6.07, 6.45) is 0. The number of nitro groups is 1. The van der Waals surface area contributed by atoms with E-state index in [4.69, 9.17) is 0 Å². The van der Waals surface area contributed by atoms with Gasteiger partial charge in [-0.1, -0.05) is 19.1 Å². The van der Waals surface area contributed by atoms with Crippen LogP contribution in [0, 0.1) is 10.1 Å². The number of hydrogen-bond acceptors (Lipinski definition) is 5. The van der Waals surface area contributed by atoms with Gasteiger partial charge in [0.2, 0.25) is 5.91 Å². The molecule has 0 spiro atoms. The lowest BCUT2D eigenvalue weighted by Gasteiger charge is -2.18. The molecule has 0 saturated heterocycles. The van der Waals surface area contributed by atoms with Gasteiger partial charge in [-0.3, -0.25) is 24.6 Å². The summed E-state index contributed by atoms with van der Waals surface area (Å²) in [6.45, 7) is 2.54. The lowest BCUT2D eigenvalue weighted by molar-refractivity contribution is -0.384. The Labute approximate surface area is 116 Å². The van der Waals surface area contributed by atoms with Gasteiger partial charge in [0, 0.05) is 24.7 Å². The Balaban J connectivity index is 2.76. The van der Waals surface area contributed by atoms with Gasteiger partial charge < -0.3 is 5.32 Å². The van der Waals surface area contributed by atoms with Crippen molar-refractivity contribution in [1.29, 1.82) is 0 Å². The first-order valence-electron chi connectivity index (χ1n) is 6.18. The zero-order chi connectivity index (χ0) is 15.1. The lowest BCUT2D eigenvalue weighted by Crippen LogP contribution is -2.38. The fraction of sp³-hybridized carbons (Fsp3) is 0.385. The van der Waals surface area contributed by atoms with Crippen molar-refractivity contribution >= 4 is 17.4 Å². The lowest BCUT2D eigenvalue weighted by atomic mass is 10.1. The van der Waals surface area contributed by atoms with Crippen LogP contribution in [0.4, 0.5) is 5.69 Å². The molecule has 1 aromatic carbocycles. The molecule has 0 unspecified atom stereocenters. The molecule has 1 rings (SSSR count). The molecule has 0 aliphatic heterocycles. The third kappa shape index (κ3) is 4.43. The molecule has 20 heavy (non-hydrogen) atoms. The van der Waals surface area contributed by atoms with Crippen LogP contribution >= 0.6 is 0 Å². The monoisotopic (exact) mass is 279 g/mol. The number of hydrogen-bond donors (Lipinski definition) is 1. The van der Waals surface area contributed by atoms with Crippen LogP contribution in [0.2, 0.25) is 0 Å². The van der Waals surface area contributed by atoms with E-state index in [9.17, 15) is 19.7 Å². The summed E-state index contributed by atoms with van der Waals surface area (Å²) >= 11 is 0. The van der Waals surface area contributed by atoms with Crippen LogP contribution in [0.5, 0.6) is 0 Å². The predicted octanol–water partition coefficient (Wildman–Crippen LogP) is 0.845. The normalized spacial score (nSPS) is 10.3. The molecule has 1 aromatic rings. The molecule has 1 amide bonds. The second-order valence-electron chi connectivity index (χ2n) is 4.21. The highest BCUT2D eigenvalue weighted by Crippen LogP contribution is 2.13. The number of likely N-dealkylation sites (N-methyl/N-ethyl adjacent to an activating group) is 2. The number of carbonyl (C=O) groups is 2. The van der Waals surface area contributed by atoms with Gasteiger partial charge in [-0.2, -0.15) is 0 Å². The third-order valence-corrected chi connectivity index (χ3v) is 2.84. The number of benzene rings is 1. The van der Waals surface area contributed by atoms with E-state index in [0.717, 1.165) is 0 Å². The fourth-order valence-electron chi connectivity index (χ4n) is 1.65. The number of carbonyl (C=O) groups excluding carboxylic acids is 2. The molecule has 108 valence electrons. The second-order valence-corrected chi connectivity index (χ2v) is 4.21. The minimum Gasteiger partial charge on any atom is -0.358 e. The van der Waals surface area contributed by atoms with Gasteiger partial charge in [-0.05, 0) is 6.54 Å². The number of nitrogens with zero attached hydrogens (tertiary/aromatic N) is 2. The summed E-state index contributed by atoms with van der Waals surface area (Å²) in [5.74, 6) is -0.432. The summed E-state index contributed by atoms with van der Waals surface area (Å²) < 4.78 is 0. The van der Waals surface area contributed by atoms with Crippen LogP contribution in [0.3, 0.4) is 0 Å². The van der Waals surface area contributed by atoms with Gasteiger partial charge in [-0.15, -0.1) is 0 Å². The standard InChI is InChI=1S/C13H17N3O4/c1-3-15(9-13(18)14-2)8-12(17)10-5-4-6-11(7-10)16(19)20/h4-7H,3,8-9H2,1-2H3,(H,14,18). The fourth-order valence-corrected chi connectivity index (χ4v) is 1.65. The number of ketones is 1. The van der Waals surface area contributed by atoms with Crippen molar-refractivity contribution in [3.8, 4) is 0 Å². The van der Waals surface area contributed by atoms with Crippen LogP contribution in [-0.4, -0.2) is 48.2 Å². The van der Waals surface area contributed by atoms with Crippen LogP contribution in [0.25, 0.3) is 0 Å². The molecule has 1 N–H and O–H groups in total. The molecule has 0 aliphatic rings. The number of nitrogens with one attached hydrogen (secondary N) is 1. The van der Waals surface area contributed by atoms with Crippen molar-refractivity contribution in [3.05, 3.63) is 39.9 Å². The molecular formula is C13H17N3O4. The van der Waals surface area contributed by atoms with Crippen molar-refractivity contribution in [3.63, 3.8) is 0 Å². The maximum absolute atomic E-state index is 12.1. The first kappa shape index (κ1) is 15.8. The van der Waals surface area contributed by atoms with Crippen LogP contribution in [-0.2, 0) is 4.79 Å². The summed E-state index contributed by atoms with van der Waals surface area (Å²) in [5.41, 5.74) is 0.153. The number of amides is 1. The topological polar surface area (TPSA) is 92.6 Å². The maximum atomic E-state index is 12.1. The molecule has 0 aromatic heterocycles. The molecule has 0 radical (unpaired) electrons. The average molecular weight is 279 g/mol. The summed E-state index contributed by atoms with van der Waals surface area (Å²) in [4.78, 5) is 35.1. The van der Waals surface area contributed by atoms with E-state index in [1.807, 2.05) is 6.92 Å². The minimum atomic E-state index is -0.543. The number of Topliss-reactive ketones (excluding diaryl/α,β-unsaturated/α-hetero) is 1. The van der Waals surface area contributed by atoms with Crippen LogP contribution in [0.15, 0.2) is 24.3 Å². The van der Waals surface area contributed by atoms with Gasteiger partial charge >= 0.3 is 0 Å². The van der Waals surface area contributed by atoms with E-state index in [1.54, 1.807) is 4.90 Å². The SMILES string of the molecule is CCN(CC(=O)NC)CC(=O)c1cccc([N+](=O)[O-])c1. The van der Waals surface area contributed by atoms with E-state index in [2.05, 4.69) is 5.32 Å². The molecule has 0 saturated carbocycles. The number of rotatable bonds is 7. The highest BCUT2D eigenvalue weighted by atomic mass is 16.6. The van der Waals surface area contributed by atoms with Gasteiger partial charge in [0.05, 0.1) is 18.0 Å². The van der Waals surface area contributed by atoms with Gasteiger partial charge in [0.1, 0.15) is 0 Å². The largest absolute Gasteiger partial charge is 0.358 e. The van der Waals surface area contributed by atoms with Gasteiger partial charge in [0.15, 0.2) is 5.78 Å². The highest BCUT2D eigenvalue weighted by molar-refractivity contribution is 5.98. The molecule has 7 heteroatoms. The van der Waals surface area contributed by atoms with E-state index >= 15 is 0 Å². The Morgan fingerprint density at radius 1 is 1.35 bits per heavy atom. The molecular weight excluding hydrogens is 262 g/mol. The van der Waals surface area contributed by atoms with E-state index in [1.165, 1.54) is 31.3 Å². The zero-order valence-electron chi connectivity index (χ0n) is 11.5. The van der Waals surface area contributed by atoms with Crippen LogP contribution in [0.1, 0.15) is 17.3 Å². The van der Waals surface area contributed by atoms with Gasteiger partial charge in [0.25, 0.3) is 5.69 Å². The maximum Gasteiger partial charge on any atom is 0.270 e. The quantitative estimate of drug-likeness (QED) is 0.453. The Morgan fingerprint density at radius 2 is 2.05 bits per heavy atom. The molecule has 0 fully saturated rings. The second kappa shape index (κ2) is 7.34. The Hall–Kier alpha value is -2.28. The van der Waals surface area contributed by atoms with Crippen LogP contribution < -0.4 is 5.32 Å². The summed E-state index contributed by atoms with van der Waals surface area (Å²) in [7, 11) is 1.53. The van der Waals surface area contributed by atoms with Crippen molar-refractivity contribution in [2.45, 2.75) is 6.92 Å². The van der Waals surface area contributed by atoms with E-state index < -0.39 is 4.92 Å². The summed E-state index contributed by atoms with van der Waals surface area (Å²) in [5, 5.41) is 13.2. The van der Waals surface area contributed by atoms with Gasteiger partial charge in [-0.25, -0.2) is 0 Å². The van der Waals surface area contributed by atoms with Crippen molar-refractivity contribution in [2.24, 2.45) is 0 Å². The summed E-state index contributed by atoms with van der Waals surface area (Å²) in [6, 6.07) is 5.58. The minimum absolute atomic E-state index is 0.0467. The first-order valence-corrected chi connectivity index (χ1v) is 6.18.